The number of nitrogens with one attached hydrogen (secondary N) is 1. The monoisotopic (exact) mass is 199 g/mol. The third kappa shape index (κ3) is 8.64. The van der Waals surface area contributed by atoms with Gasteiger partial charge in [0.05, 0.1) is 6.42 Å². The standard InChI is InChI=1S/C6H8F3NO3/c7-6(8,9)1-2-10-4(11)3-5(12)13/h1-3H2,(H,10,11)(H,12,13). The van der Waals surface area contributed by atoms with Gasteiger partial charge in [-0.25, -0.2) is 0 Å². The number of carbonyl (C=O) groups is 2. The third-order valence-electron chi connectivity index (χ3n) is 1.04. The molecular weight excluding hydrogens is 191 g/mol. The van der Waals surface area contributed by atoms with Crippen LogP contribution < -0.4 is 5.32 Å². The van der Waals surface area contributed by atoms with Crippen LogP contribution >= 0.6 is 0 Å². The van der Waals surface area contributed by atoms with Crippen LogP contribution in [0.3, 0.4) is 0 Å². The van der Waals surface area contributed by atoms with Crippen molar-refractivity contribution in [2.75, 3.05) is 6.54 Å². The molecule has 0 aliphatic heterocycles. The number of hydrogen-bond acceptors (Lipinski definition) is 2. The van der Waals surface area contributed by atoms with Crippen LogP contribution in [0.15, 0.2) is 0 Å². The lowest BCUT2D eigenvalue weighted by atomic mass is 10.3. The molecule has 0 aliphatic carbocycles. The number of rotatable bonds is 4. The predicted octanol–water partition coefficient (Wildman–Crippen LogP) is 0.530. The number of halogens is 3. The van der Waals surface area contributed by atoms with E-state index >= 15 is 0 Å². The summed E-state index contributed by atoms with van der Waals surface area (Å²) in [5.41, 5.74) is 0. The van der Waals surface area contributed by atoms with E-state index in [-0.39, 0.29) is 0 Å². The summed E-state index contributed by atoms with van der Waals surface area (Å²) in [7, 11) is 0. The topological polar surface area (TPSA) is 66.4 Å². The molecule has 2 N–H and O–H groups in total. The Hall–Kier alpha value is -1.27. The third-order valence-corrected chi connectivity index (χ3v) is 1.04. The molecule has 1 amide bonds. The normalized spacial score (nSPS) is 11.0. The van der Waals surface area contributed by atoms with Crippen LogP contribution in [-0.2, 0) is 9.59 Å². The van der Waals surface area contributed by atoms with Crippen molar-refractivity contribution in [3.63, 3.8) is 0 Å². The van der Waals surface area contributed by atoms with Crippen LogP contribution in [0.5, 0.6) is 0 Å². The van der Waals surface area contributed by atoms with Gasteiger partial charge in [-0.3, -0.25) is 9.59 Å². The molecule has 0 aliphatic rings. The van der Waals surface area contributed by atoms with E-state index in [1.54, 1.807) is 0 Å². The van der Waals surface area contributed by atoms with Crippen LogP contribution in [-0.4, -0.2) is 29.7 Å². The minimum Gasteiger partial charge on any atom is -0.481 e. The SMILES string of the molecule is O=C(O)CC(=O)NCCC(F)(F)F. The molecule has 0 saturated heterocycles. The summed E-state index contributed by atoms with van der Waals surface area (Å²) in [5.74, 6) is -2.29. The number of alkyl halides is 3. The highest BCUT2D eigenvalue weighted by Gasteiger charge is 2.26. The Morgan fingerprint density at radius 1 is 1.31 bits per heavy atom. The van der Waals surface area contributed by atoms with Gasteiger partial charge in [0.2, 0.25) is 5.91 Å². The fraction of sp³-hybridized carbons (Fsp3) is 0.667. The second-order valence-corrected chi connectivity index (χ2v) is 2.29. The van der Waals surface area contributed by atoms with Gasteiger partial charge in [0, 0.05) is 6.54 Å². The highest BCUT2D eigenvalue weighted by molar-refractivity contribution is 5.93. The summed E-state index contributed by atoms with van der Waals surface area (Å²) in [4.78, 5) is 20.4. The summed E-state index contributed by atoms with van der Waals surface area (Å²) in [6.07, 6.45) is -6.30. The van der Waals surface area contributed by atoms with Crippen LogP contribution in [0.25, 0.3) is 0 Å². The van der Waals surface area contributed by atoms with Crippen molar-refractivity contribution < 1.29 is 27.9 Å². The van der Waals surface area contributed by atoms with Crippen LogP contribution in [0.1, 0.15) is 12.8 Å². The molecule has 76 valence electrons. The van der Waals surface area contributed by atoms with Gasteiger partial charge in [0.15, 0.2) is 0 Å². The van der Waals surface area contributed by atoms with Gasteiger partial charge in [-0.05, 0) is 0 Å². The lowest BCUT2D eigenvalue weighted by Gasteiger charge is -2.06. The van der Waals surface area contributed by atoms with Crippen LogP contribution in [0.2, 0.25) is 0 Å². The lowest BCUT2D eigenvalue weighted by Crippen LogP contribution is -2.29. The molecule has 0 heterocycles. The molecule has 4 nitrogen and oxygen atoms in total. The summed E-state index contributed by atoms with van der Waals surface area (Å²) in [5, 5.41) is 9.89. The molecule has 0 spiro atoms. The van der Waals surface area contributed by atoms with Crippen molar-refractivity contribution in [2.24, 2.45) is 0 Å². The molecule has 0 aromatic rings. The highest BCUT2D eigenvalue weighted by Crippen LogP contribution is 2.17. The average Bonchev–Trinajstić information content (AvgIpc) is 1.81. The first-order valence-corrected chi connectivity index (χ1v) is 3.36. The number of amides is 1. The number of carbonyl (C=O) groups excluding carboxylic acids is 1. The Bertz CT molecular complexity index is 202. The Morgan fingerprint density at radius 2 is 1.85 bits per heavy atom. The highest BCUT2D eigenvalue weighted by atomic mass is 19.4. The van der Waals surface area contributed by atoms with Crippen molar-refractivity contribution in [3.8, 4) is 0 Å². The first-order chi connectivity index (χ1) is 5.81. The first kappa shape index (κ1) is 11.7. The van der Waals surface area contributed by atoms with Gasteiger partial charge in [0.1, 0.15) is 6.42 Å². The van der Waals surface area contributed by atoms with E-state index in [9.17, 15) is 22.8 Å². The summed E-state index contributed by atoms with van der Waals surface area (Å²) >= 11 is 0. The van der Waals surface area contributed by atoms with Gasteiger partial charge in [-0.15, -0.1) is 0 Å². The predicted molar refractivity (Wildman–Crippen MR) is 35.9 cm³/mol. The smallest absolute Gasteiger partial charge is 0.390 e. The first-order valence-electron chi connectivity index (χ1n) is 3.36. The molecular formula is C6H8F3NO3. The molecule has 7 heteroatoms. The second-order valence-electron chi connectivity index (χ2n) is 2.29. The Morgan fingerprint density at radius 3 is 2.23 bits per heavy atom. The summed E-state index contributed by atoms with van der Waals surface area (Å²) < 4.78 is 34.5. The maximum Gasteiger partial charge on any atom is 0.390 e. The Labute approximate surface area is 71.7 Å². The number of carboxylic acid groups (broad SMARTS) is 1. The van der Waals surface area contributed by atoms with Crippen molar-refractivity contribution in [1.82, 2.24) is 5.32 Å². The van der Waals surface area contributed by atoms with Gasteiger partial charge < -0.3 is 10.4 Å². The van der Waals surface area contributed by atoms with E-state index in [2.05, 4.69) is 0 Å². The number of hydrogen-bond donors (Lipinski definition) is 2. The van der Waals surface area contributed by atoms with E-state index in [1.165, 1.54) is 0 Å². The molecule has 0 aromatic carbocycles. The second kappa shape index (κ2) is 4.68. The fourth-order valence-electron chi connectivity index (χ4n) is 0.544. The zero-order valence-corrected chi connectivity index (χ0v) is 6.52. The molecule has 0 radical (unpaired) electrons. The van der Waals surface area contributed by atoms with Gasteiger partial charge in [0.25, 0.3) is 0 Å². The van der Waals surface area contributed by atoms with Gasteiger partial charge in [-0.1, -0.05) is 0 Å². The minimum atomic E-state index is -4.34. The molecule has 0 saturated carbocycles. The molecule has 0 aromatic heterocycles. The molecule has 0 bridgehead atoms. The van der Waals surface area contributed by atoms with Gasteiger partial charge >= 0.3 is 12.1 Å². The molecule has 0 rings (SSSR count). The summed E-state index contributed by atoms with van der Waals surface area (Å²) in [6, 6.07) is 0. The van der Waals surface area contributed by atoms with E-state index in [4.69, 9.17) is 5.11 Å². The van der Waals surface area contributed by atoms with Crippen molar-refractivity contribution in [2.45, 2.75) is 19.0 Å². The number of aliphatic carboxylic acids is 1. The largest absolute Gasteiger partial charge is 0.481 e. The zero-order valence-electron chi connectivity index (χ0n) is 6.52. The molecule has 0 fully saturated rings. The van der Waals surface area contributed by atoms with Crippen LogP contribution in [0.4, 0.5) is 13.2 Å². The number of carboxylic acids is 1. The molecule has 13 heavy (non-hydrogen) atoms. The van der Waals surface area contributed by atoms with E-state index < -0.39 is 37.4 Å². The van der Waals surface area contributed by atoms with Crippen LogP contribution in [0, 0.1) is 0 Å². The van der Waals surface area contributed by atoms with E-state index in [1.807, 2.05) is 5.32 Å². The van der Waals surface area contributed by atoms with E-state index in [0.717, 1.165) is 0 Å². The maximum atomic E-state index is 11.5. The Balaban J connectivity index is 3.54. The lowest BCUT2D eigenvalue weighted by molar-refractivity contribution is -0.141. The fourth-order valence-corrected chi connectivity index (χ4v) is 0.544. The quantitative estimate of drug-likeness (QED) is 0.649. The van der Waals surface area contributed by atoms with Crippen molar-refractivity contribution in [3.05, 3.63) is 0 Å². The zero-order chi connectivity index (χ0) is 10.5. The maximum absolute atomic E-state index is 11.5. The van der Waals surface area contributed by atoms with Crippen molar-refractivity contribution in [1.29, 1.82) is 0 Å². The van der Waals surface area contributed by atoms with Crippen molar-refractivity contribution >= 4 is 11.9 Å². The van der Waals surface area contributed by atoms with E-state index in [0.29, 0.717) is 0 Å². The molecule has 0 atom stereocenters. The van der Waals surface area contributed by atoms with Gasteiger partial charge in [-0.2, -0.15) is 13.2 Å². The molecule has 0 unspecified atom stereocenters. The average molecular weight is 199 g/mol. The minimum absolute atomic E-state index is 0.588. The summed E-state index contributed by atoms with van der Waals surface area (Å²) in [6.45, 7) is -0.588. The Kier molecular flexibility index (Phi) is 4.22.